The molecule has 2 fully saturated rings. The number of fused-ring (bicyclic) bond motifs is 2. The van der Waals surface area contributed by atoms with Crippen LogP contribution in [0, 0.1) is 11.8 Å². The normalized spacial score (nSPS) is 31.5. The summed E-state index contributed by atoms with van der Waals surface area (Å²) in [6.45, 7) is 3.44. The van der Waals surface area contributed by atoms with Crippen molar-refractivity contribution in [1.82, 2.24) is 19.5 Å². The van der Waals surface area contributed by atoms with Crippen LogP contribution in [-0.4, -0.2) is 54.0 Å². The van der Waals surface area contributed by atoms with Gasteiger partial charge in [-0.3, -0.25) is 24.5 Å². The zero-order valence-corrected chi connectivity index (χ0v) is 13.0. The summed E-state index contributed by atoms with van der Waals surface area (Å²) >= 11 is 0. The van der Waals surface area contributed by atoms with Crippen molar-refractivity contribution in [2.24, 2.45) is 11.8 Å². The summed E-state index contributed by atoms with van der Waals surface area (Å²) in [5, 5.41) is 22.3. The number of nitrogens with one attached hydrogen (secondary N) is 2. The van der Waals surface area contributed by atoms with Gasteiger partial charge in [-0.05, 0) is 0 Å². The Hall–Kier alpha value is -2.30. The number of ether oxygens (including phenoxy) is 1. The third-order valence-corrected chi connectivity index (χ3v) is 4.42. The zero-order valence-electron chi connectivity index (χ0n) is 13.0. The topological polar surface area (TPSA) is 142 Å². The first-order valence-electron chi connectivity index (χ1n) is 7.68. The molecule has 2 aliphatic rings. The predicted octanol–water partition coefficient (Wildman–Crippen LogP) is -1.04. The number of imidazole rings is 1. The summed E-state index contributed by atoms with van der Waals surface area (Å²) in [5.41, 5.74) is -0.234. The first kappa shape index (κ1) is 15.2. The molecule has 5 atom stereocenters. The summed E-state index contributed by atoms with van der Waals surface area (Å²) in [4.78, 5) is 34.6. The lowest BCUT2D eigenvalue weighted by Gasteiger charge is -2.20. The first-order chi connectivity index (χ1) is 11.4. The van der Waals surface area contributed by atoms with Gasteiger partial charge in [-0.25, -0.2) is 4.98 Å². The minimum atomic E-state index is -0.919. The van der Waals surface area contributed by atoms with Gasteiger partial charge in [-0.15, -0.1) is 0 Å². The molecule has 1 aliphatic carbocycles. The van der Waals surface area contributed by atoms with Gasteiger partial charge in [0, 0.05) is 11.8 Å². The second-order valence-corrected chi connectivity index (χ2v) is 6.43. The van der Waals surface area contributed by atoms with Crippen molar-refractivity contribution in [1.29, 1.82) is 0 Å². The van der Waals surface area contributed by atoms with Crippen LogP contribution in [0.3, 0.4) is 0 Å². The van der Waals surface area contributed by atoms with E-state index in [0.717, 1.165) is 0 Å². The maximum Gasteiger partial charge on any atom is 0.280 e. The summed E-state index contributed by atoms with van der Waals surface area (Å²) < 4.78 is 7.04. The summed E-state index contributed by atoms with van der Waals surface area (Å²) in [5.74, 6) is -0.894. The third-order valence-electron chi connectivity index (χ3n) is 4.42. The van der Waals surface area contributed by atoms with E-state index >= 15 is 0 Å². The van der Waals surface area contributed by atoms with E-state index < -0.39 is 30.1 Å². The Morgan fingerprint density at radius 1 is 1.42 bits per heavy atom. The molecule has 3 heterocycles. The second kappa shape index (κ2) is 5.10. The van der Waals surface area contributed by atoms with E-state index in [0.29, 0.717) is 0 Å². The highest BCUT2D eigenvalue weighted by molar-refractivity contribution is 5.91. The van der Waals surface area contributed by atoms with Crippen LogP contribution in [0.25, 0.3) is 11.2 Å². The molecule has 4 N–H and O–H groups in total. The molecular weight excluding hydrogens is 318 g/mol. The standard InChI is InChI=1S/C14H17N5O5/c1-4(2)11(22)17-14-16-10-6(12(23)18-14)15-3-19(10)13-8(21)5-7(20)9(5)24-13/h3-5,7-9,13,20-21H,1-2H3,(H2,16,17,18,22,23)/t5?,7?,8-,9-,13+/m0/s1. The highest BCUT2D eigenvalue weighted by Gasteiger charge is 2.64. The molecular formula is C14H17N5O5. The number of H-pyrrole nitrogens is 1. The molecule has 1 saturated carbocycles. The van der Waals surface area contributed by atoms with Crippen molar-refractivity contribution in [2.45, 2.75) is 38.4 Å². The molecule has 0 aromatic carbocycles. The number of amides is 1. The number of hydrogen-bond donors (Lipinski definition) is 4. The Morgan fingerprint density at radius 2 is 2.17 bits per heavy atom. The average Bonchev–Trinajstić information content (AvgIpc) is 2.84. The van der Waals surface area contributed by atoms with Crippen molar-refractivity contribution in [3.63, 3.8) is 0 Å². The van der Waals surface area contributed by atoms with Crippen LogP contribution >= 0.6 is 0 Å². The van der Waals surface area contributed by atoms with E-state index in [9.17, 15) is 19.8 Å². The number of hydrogen-bond acceptors (Lipinski definition) is 7. The fourth-order valence-corrected chi connectivity index (χ4v) is 2.95. The number of carbonyl (C=O) groups excluding carboxylic acids is 1. The lowest BCUT2D eigenvalue weighted by molar-refractivity contribution is -0.118. The molecule has 2 aromatic rings. The van der Waals surface area contributed by atoms with Crippen molar-refractivity contribution >= 4 is 23.0 Å². The van der Waals surface area contributed by atoms with Crippen LogP contribution in [0.5, 0.6) is 0 Å². The van der Waals surface area contributed by atoms with Gasteiger partial charge in [0.25, 0.3) is 5.56 Å². The quantitative estimate of drug-likeness (QED) is 0.561. The van der Waals surface area contributed by atoms with Crippen molar-refractivity contribution in [3.8, 4) is 0 Å². The highest BCUT2D eigenvalue weighted by Crippen LogP contribution is 2.50. The molecule has 10 nitrogen and oxygen atoms in total. The molecule has 24 heavy (non-hydrogen) atoms. The van der Waals surface area contributed by atoms with Gasteiger partial charge in [0.05, 0.1) is 18.5 Å². The van der Waals surface area contributed by atoms with Gasteiger partial charge in [0.2, 0.25) is 11.9 Å². The summed E-state index contributed by atoms with van der Waals surface area (Å²) in [6, 6.07) is 0. The second-order valence-electron chi connectivity index (χ2n) is 6.43. The predicted molar refractivity (Wildman–Crippen MR) is 81.0 cm³/mol. The first-order valence-corrected chi connectivity index (χ1v) is 7.68. The Morgan fingerprint density at radius 3 is 2.79 bits per heavy atom. The largest absolute Gasteiger partial charge is 0.390 e. The number of aliphatic hydroxyl groups is 2. The van der Waals surface area contributed by atoms with E-state index in [2.05, 4.69) is 20.3 Å². The van der Waals surface area contributed by atoms with E-state index in [1.807, 2.05) is 0 Å². The number of rotatable bonds is 3. The fraction of sp³-hybridized carbons (Fsp3) is 0.571. The van der Waals surface area contributed by atoms with Gasteiger partial charge in [0.15, 0.2) is 17.4 Å². The van der Waals surface area contributed by atoms with Crippen LogP contribution in [0.4, 0.5) is 5.95 Å². The average molecular weight is 335 g/mol. The maximum absolute atomic E-state index is 12.1. The summed E-state index contributed by atoms with van der Waals surface area (Å²) in [7, 11) is 0. The van der Waals surface area contributed by atoms with E-state index in [4.69, 9.17) is 4.74 Å². The molecule has 1 aliphatic heterocycles. The number of carbonyl (C=O) groups is 1. The summed E-state index contributed by atoms with van der Waals surface area (Å²) in [6.07, 6.45) is -1.42. The molecule has 10 heteroatoms. The fourth-order valence-electron chi connectivity index (χ4n) is 2.95. The van der Waals surface area contributed by atoms with Crippen LogP contribution in [0.15, 0.2) is 11.1 Å². The SMILES string of the molecule is CC(C)C(=O)Nc1nc2c(ncn2[C@@H]2O[C@@H]3C(O)C3[C@@H]2O)c(=O)[nH]1. The van der Waals surface area contributed by atoms with Gasteiger partial charge < -0.3 is 14.9 Å². The van der Waals surface area contributed by atoms with E-state index in [-0.39, 0.29) is 34.9 Å². The van der Waals surface area contributed by atoms with Crippen molar-refractivity contribution in [2.75, 3.05) is 5.32 Å². The Balaban J connectivity index is 1.71. The Bertz CT molecular complexity index is 874. The Kier molecular flexibility index (Phi) is 3.24. The smallest absolute Gasteiger partial charge is 0.280 e. The minimum absolute atomic E-state index is 0.00521. The highest BCUT2D eigenvalue weighted by atomic mass is 16.6. The Labute approximate surface area is 135 Å². The molecule has 0 radical (unpaired) electrons. The molecule has 1 amide bonds. The molecule has 2 unspecified atom stereocenters. The minimum Gasteiger partial charge on any atom is -0.390 e. The van der Waals surface area contributed by atoms with Crippen molar-refractivity contribution in [3.05, 3.63) is 16.7 Å². The van der Waals surface area contributed by atoms with E-state index in [1.54, 1.807) is 13.8 Å². The molecule has 128 valence electrons. The van der Waals surface area contributed by atoms with E-state index in [1.165, 1.54) is 10.9 Å². The lowest BCUT2D eigenvalue weighted by atomic mass is 10.2. The molecule has 0 spiro atoms. The molecule has 0 bridgehead atoms. The van der Waals surface area contributed by atoms with Crippen LogP contribution in [0.1, 0.15) is 20.1 Å². The molecule has 2 aromatic heterocycles. The van der Waals surface area contributed by atoms with Crippen LogP contribution < -0.4 is 10.9 Å². The van der Waals surface area contributed by atoms with Gasteiger partial charge in [-0.2, -0.15) is 4.98 Å². The monoisotopic (exact) mass is 335 g/mol. The molecule has 4 rings (SSSR count). The number of aromatic amines is 1. The maximum atomic E-state index is 12.1. The van der Waals surface area contributed by atoms with Crippen LogP contribution in [0.2, 0.25) is 0 Å². The number of anilines is 1. The van der Waals surface area contributed by atoms with Crippen molar-refractivity contribution < 1.29 is 19.7 Å². The van der Waals surface area contributed by atoms with Gasteiger partial charge in [-0.1, -0.05) is 13.8 Å². The molecule has 1 saturated heterocycles. The third kappa shape index (κ3) is 2.14. The van der Waals surface area contributed by atoms with Gasteiger partial charge in [0.1, 0.15) is 6.10 Å². The number of nitrogens with zero attached hydrogens (tertiary/aromatic N) is 3. The zero-order chi connectivity index (χ0) is 17.2. The lowest BCUT2D eigenvalue weighted by Crippen LogP contribution is -2.27. The van der Waals surface area contributed by atoms with Gasteiger partial charge >= 0.3 is 0 Å². The van der Waals surface area contributed by atoms with Crippen LogP contribution in [-0.2, 0) is 9.53 Å². The number of aliphatic hydroxyl groups excluding tert-OH is 2. The number of aromatic nitrogens is 4.